The third-order valence-electron chi connectivity index (χ3n) is 10.3. The maximum Gasteiger partial charge on any atom is 0.164 e. The van der Waals surface area contributed by atoms with Crippen LogP contribution in [0.2, 0.25) is 0 Å². The van der Waals surface area contributed by atoms with Gasteiger partial charge in [-0.2, -0.15) is 5.26 Å². The summed E-state index contributed by atoms with van der Waals surface area (Å²) < 4.78 is 42.5. The van der Waals surface area contributed by atoms with Gasteiger partial charge in [-0.3, -0.25) is 0 Å². The number of hydrogen-bond acceptors (Lipinski definition) is 6. The minimum atomic E-state index is -0.483. The van der Waals surface area contributed by atoms with E-state index in [1.165, 1.54) is 0 Å². The summed E-state index contributed by atoms with van der Waals surface area (Å²) in [5.74, 6) is 1.50. The molecule has 8 aromatic carbocycles. The molecule has 0 aliphatic carbocycles. The zero-order valence-corrected chi connectivity index (χ0v) is 31.9. The molecule has 0 bridgehead atoms. The van der Waals surface area contributed by atoms with E-state index in [0.717, 1.165) is 61.0 Å². The molecule has 0 saturated carbocycles. The number of hydrogen-bond donors (Lipinski definition) is 0. The van der Waals surface area contributed by atoms with Gasteiger partial charge in [0, 0.05) is 33.2 Å². The number of aromatic nitrogens is 5. The Morgan fingerprint density at radius 2 is 0.917 bits per heavy atom. The molecule has 60 heavy (non-hydrogen) atoms. The molecule has 0 saturated heterocycles. The van der Waals surface area contributed by atoms with Gasteiger partial charge in [0.2, 0.25) is 0 Å². The van der Waals surface area contributed by atoms with Crippen molar-refractivity contribution in [3.8, 4) is 96.3 Å². The van der Waals surface area contributed by atoms with E-state index in [1.807, 2.05) is 152 Å². The first kappa shape index (κ1) is 30.7. The maximum atomic E-state index is 9.85. The molecule has 280 valence electrons. The molecule has 10 aromatic rings. The normalized spacial score (nSPS) is 12.2. The number of para-hydroxylation sites is 1. The van der Waals surface area contributed by atoms with Gasteiger partial charge in [-0.25, -0.2) is 24.9 Å². The summed E-state index contributed by atoms with van der Waals surface area (Å²) >= 11 is 0. The molecule has 0 aliphatic rings. The van der Waals surface area contributed by atoms with Crippen LogP contribution < -0.4 is 0 Å². The fourth-order valence-electron chi connectivity index (χ4n) is 7.47. The second kappa shape index (κ2) is 15.9. The smallest absolute Gasteiger partial charge is 0.164 e. The summed E-state index contributed by atoms with van der Waals surface area (Å²) in [4.78, 5) is 24.8. The van der Waals surface area contributed by atoms with Gasteiger partial charge >= 0.3 is 0 Å². The van der Waals surface area contributed by atoms with Crippen LogP contribution in [0.1, 0.15) is 12.4 Å². The SMILES string of the molecule is [2H]c1c([2H])c([2H])c(-c2nc(-c3cccc(-c4ccccc4)c3-c3ccc(-c4nc(-c5ccccc5)nc(-c5cccc(-c6ccccc6C#N)c5)n4)cc3)c3ccccc3n2)c([2H])c1[2H]. The molecule has 0 atom stereocenters. The highest BCUT2D eigenvalue weighted by Gasteiger charge is 2.20. The molecule has 6 heteroatoms. The number of nitrogens with zero attached hydrogens (tertiary/aromatic N) is 6. The van der Waals surface area contributed by atoms with Crippen molar-refractivity contribution in [2.24, 2.45) is 0 Å². The molecule has 0 unspecified atom stereocenters. The molecule has 0 aliphatic heterocycles. The van der Waals surface area contributed by atoms with Crippen LogP contribution in [0, 0.1) is 11.3 Å². The Morgan fingerprint density at radius 1 is 0.383 bits per heavy atom. The second-order valence-corrected chi connectivity index (χ2v) is 14.0. The van der Waals surface area contributed by atoms with E-state index in [4.69, 9.17) is 31.8 Å². The molecule has 0 radical (unpaired) electrons. The van der Waals surface area contributed by atoms with Crippen molar-refractivity contribution >= 4 is 10.9 Å². The van der Waals surface area contributed by atoms with Gasteiger partial charge in [0.1, 0.15) is 0 Å². The molecule has 0 amide bonds. The summed E-state index contributed by atoms with van der Waals surface area (Å²) in [5.41, 5.74) is 10.1. The first-order valence-electron chi connectivity index (χ1n) is 21.8. The van der Waals surface area contributed by atoms with E-state index in [-0.39, 0.29) is 23.5 Å². The van der Waals surface area contributed by atoms with Crippen LogP contribution in [0.3, 0.4) is 0 Å². The van der Waals surface area contributed by atoms with E-state index < -0.39 is 18.1 Å². The van der Waals surface area contributed by atoms with Crippen molar-refractivity contribution in [2.45, 2.75) is 0 Å². The first-order chi connectivity index (χ1) is 31.8. The standard InChI is InChI=1S/C54H34N6/c55-35-43-22-10-11-25-44(43)41-23-14-24-42(34-41)54-59-52(39-20-8-3-9-21-39)58-53(60-54)40-32-30-37(31-33-40)49-45(36-16-4-1-5-17-36)27-15-28-47(49)50-46-26-12-13-29-48(46)56-51(57-50)38-18-6-2-7-19-38/h1-34H/i2D,6D,7D,18D,19D. The molecule has 0 fully saturated rings. The Labute approximate surface area is 354 Å². The van der Waals surface area contributed by atoms with Crippen LogP contribution in [0.15, 0.2) is 206 Å². The highest BCUT2D eigenvalue weighted by Crippen LogP contribution is 2.42. The molecule has 6 nitrogen and oxygen atoms in total. The quantitative estimate of drug-likeness (QED) is 0.153. The van der Waals surface area contributed by atoms with Crippen LogP contribution in [0.25, 0.3) is 101 Å². The Morgan fingerprint density at radius 3 is 1.67 bits per heavy atom. The van der Waals surface area contributed by atoms with Gasteiger partial charge < -0.3 is 0 Å². The van der Waals surface area contributed by atoms with E-state index in [1.54, 1.807) is 6.07 Å². The van der Waals surface area contributed by atoms with Gasteiger partial charge in [0.15, 0.2) is 23.3 Å². The lowest BCUT2D eigenvalue weighted by Crippen LogP contribution is -2.00. The maximum absolute atomic E-state index is 9.85. The van der Waals surface area contributed by atoms with E-state index >= 15 is 0 Å². The second-order valence-electron chi connectivity index (χ2n) is 14.0. The first-order valence-corrected chi connectivity index (χ1v) is 19.3. The largest absolute Gasteiger partial charge is 0.228 e. The minimum Gasteiger partial charge on any atom is -0.228 e. The molecular formula is C54H34N6. The van der Waals surface area contributed by atoms with Gasteiger partial charge in [-0.05, 0) is 51.6 Å². The number of fused-ring (bicyclic) bond motifs is 1. The van der Waals surface area contributed by atoms with Gasteiger partial charge in [-0.1, -0.05) is 188 Å². The van der Waals surface area contributed by atoms with Crippen molar-refractivity contribution in [1.29, 1.82) is 5.26 Å². The minimum absolute atomic E-state index is 0.0294. The zero-order valence-electron chi connectivity index (χ0n) is 36.9. The van der Waals surface area contributed by atoms with Gasteiger partial charge in [0.25, 0.3) is 0 Å². The van der Waals surface area contributed by atoms with Crippen LogP contribution in [-0.4, -0.2) is 24.9 Å². The van der Waals surface area contributed by atoms with Crippen molar-refractivity contribution in [1.82, 2.24) is 24.9 Å². The average Bonchev–Trinajstić information content (AvgIpc) is 3.37. The molecule has 2 aromatic heterocycles. The summed E-state index contributed by atoms with van der Waals surface area (Å²) in [7, 11) is 0. The van der Waals surface area contributed by atoms with Crippen LogP contribution in [-0.2, 0) is 0 Å². The van der Waals surface area contributed by atoms with Crippen LogP contribution in [0.5, 0.6) is 0 Å². The zero-order chi connectivity index (χ0) is 44.6. The molecule has 2 heterocycles. The summed E-state index contributed by atoms with van der Waals surface area (Å²) in [6.07, 6.45) is 0. The summed E-state index contributed by atoms with van der Waals surface area (Å²) in [6.45, 7) is 0. The molecule has 10 rings (SSSR count). The third kappa shape index (κ3) is 6.97. The highest BCUT2D eigenvalue weighted by atomic mass is 15.0. The number of benzene rings is 8. The fraction of sp³-hybridized carbons (Fsp3) is 0. The Bertz CT molecular complexity index is 3470. The topological polar surface area (TPSA) is 88.2 Å². The predicted octanol–water partition coefficient (Wildman–Crippen LogP) is 13.0. The highest BCUT2D eigenvalue weighted by molar-refractivity contribution is 6.02. The van der Waals surface area contributed by atoms with E-state index in [2.05, 4.69) is 24.3 Å². The molecular weight excluding hydrogens is 733 g/mol. The van der Waals surface area contributed by atoms with Crippen molar-refractivity contribution in [2.75, 3.05) is 0 Å². The van der Waals surface area contributed by atoms with E-state index in [9.17, 15) is 5.26 Å². The lowest BCUT2D eigenvalue weighted by molar-refractivity contribution is 1.07. The van der Waals surface area contributed by atoms with Gasteiger partial charge in [-0.15, -0.1) is 0 Å². The van der Waals surface area contributed by atoms with Gasteiger partial charge in [0.05, 0.1) is 29.7 Å². The summed E-state index contributed by atoms with van der Waals surface area (Å²) in [5, 5.41) is 10.6. The lowest BCUT2D eigenvalue weighted by atomic mass is 9.88. The Balaban J connectivity index is 1.14. The van der Waals surface area contributed by atoms with Crippen LogP contribution >= 0.6 is 0 Å². The van der Waals surface area contributed by atoms with Crippen molar-refractivity contribution < 1.29 is 6.85 Å². The number of nitriles is 1. The monoisotopic (exact) mass is 771 g/mol. The molecule has 0 spiro atoms. The van der Waals surface area contributed by atoms with E-state index in [0.29, 0.717) is 34.2 Å². The van der Waals surface area contributed by atoms with Crippen molar-refractivity contribution in [3.05, 3.63) is 212 Å². The fourth-order valence-corrected chi connectivity index (χ4v) is 7.47. The molecule has 0 N–H and O–H groups in total. The predicted molar refractivity (Wildman–Crippen MR) is 241 cm³/mol. The summed E-state index contributed by atoms with van der Waals surface area (Å²) in [6, 6.07) is 57.0. The third-order valence-corrected chi connectivity index (χ3v) is 10.3. The lowest BCUT2D eigenvalue weighted by Gasteiger charge is -2.18. The Hall–Kier alpha value is -8.40. The van der Waals surface area contributed by atoms with Crippen molar-refractivity contribution in [3.63, 3.8) is 0 Å². The average molecular weight is 772 g/mol. The van der Waals surface area contributed by atoms with Crippen LogP contribution in [0.4, 0.5) is 0 Å². The Kier molecular flexibility index (Phi) is 8.11. The number of rotatable bonds is 8.